The number of benzene rings is 2. The van der Waals surface area contributed by atoms with Crippen molar-refractivity contribution in [3.63, 3.8) is 0 Å². The summed E-state index contributed by atoms with van der Waals surface area (Å²) in [5, 5.41) is -1.01. The van der Waals surface area contributed by atoms with Crippen LogP contribution in [0, 0.1) is 23.3 Å². The third-order valence-corrected chi connectivity index (χ3v) is 5.23. The monoisotopic (exact) mass is 513 g/mol. The van der Waals surface area contributed by atoms with Crippen molar-refractivity contribution in [3.8, 4) is 11.4 Å². The fourth-order valence-electron chi connectivity index (χ4n) is 2.85. The molecule has 0 aliphatic heterocycles. The first-order valence-electron chi connectivity index (χ1n) is 8.90. The lowest BCUT2D eigenvalue weighted by molar-refractivity contribution is -0.0501. The molecule has 7 nitrogen and oxygen atoms in total. The standard InChI is InChI=1S/C19H10F7NO6S/c1-2-32-18(29)10-7-27(13-4-3-8(20)5-11(13)21)15-9(16(10)28)6-12(22)17(14(15)23)33-34(30,31)19(24,25)26/h3-7H,2H2,1H3. The highest BCUT2D eigenvalue weighted by atomic mass is 32.2. The lowest BCUT2D eigenvalue weighted by Gasteiger charge is -2.17. The summed E-state index contributed by atoms with van der Waals surface area (Å²) in [4.78, 5) is 24.8. The second kappa shape index (κ2) is 8.62. The maximum atomic E-state index is 15.2. The van der Waals surface area contributed by atoms with Crippen molar-refractivity contribution in [1.82, 2.24) is 4.57 Å². The van der Waals surface area contributed by atoms with Crippen LogP contribution in [0.25, 0.3) is 16.6 Å². The van der Waals surface area contributed by atoms with Crippen LogP contribution in [0.4, 0.5) is 30.7 Å². The Balaban J connectivity index is 2.47. The van der Waals surface area contributed by atoms with E-state index in [0.29, 0.717) is 29.0 Å². The van der Waals surface area contributed by atoms with Gasteiger partial charge in [-0.3, -0.25) is 4.79 Å². The highest BCUT2D eigenvalue weighted by Crippen LogP contribution is 2.35. The topological polar surface area (TPSA) is 91.7 Å². The Kier molecular flexibility index (Phi) is 6.34. The lowest BCUT2D eigenvalue weighted by Crippen LogP contribution is -2.29. The molecule has 0 amide bonds. The van der Waals surface area contributed by atoms with Gasteiger partial charge in [-0.2, -0.15) is 21.6 Å². The van der Waals surface area contributed by atoms with Crippen molar-refractivity contribution < 1.29 is 52.9 Å². The second-order valence-electron chi connectivity index (χ2n) is 6.44. The molecule has 0 saturated heterocycles. The molecule has 182 valence electrons. The minimum absolute atomic E-state index is 0.0998. The van der Waals surface area contributed by atoms with Gasteiger partial charge in [-0.15, -0.1) is 0 Å². The molecule has 0 atom stereocenters. The Morgan fingerprint density at radius 1 is 1.06 bits per heavy atom. The molecule has 0 saturated carbocycles. The summed E-state index contributed by atoms with van der Waals surface area (Å²) < 4.78 is 127. The van der Waals surface area contributed by atoms with Gasteiger partial charge in [-0.1, -0.05) is 0 Å². The second-order valence-corrected chi connectivity index (χ2v) is 7.98. The van der Waals surface area contributed by atoms with E-state index >= 15 is 4.39 Å². The van der Waals surface area contributed by atoms with E-state index in [4.69, 9.17) is 0 Å². The molecule has 0 unspecified atom stereocenters. The molecule has 0 aliphatic rings. The predicted molar refractivity (Wildman–Crippen MR) is 101 cm³/mol. The van der Waals surface area contributed by atoms with Gasteiger partial charge in [0.15, 0.2) is 11.6 Å². The number of rotatable bonds is 5. The minimum atomic E-state index is -6.56. The molecular formula is C19H10F7NO6S. The molecule has 0 aliphatic carbocycles. The van der Waals surface area contributed by atoms with E-state index in [-0.39, 0.29) is 12.7 Å². The number of ether oxygens (including phenoxy) is 1. The van der Waals surface area contributed by atoms with Gasteiger partial charge in [0, 0.05) is 12.3 Å². The van der Waals surface area contributed by atoms with Crippen LogP contribution < -0.4 is 9.61 Å². The maximum absolute atomic E-state index is 15.2. The van der Waals surface area contributed by atoms with E-state index in [2.05, 4.69) is 8.92 Å². The predicted octanol–water partition coefficient (Wildman–Crippen LogP) is 3.95. The smallest absolute Gasteiger partial charge is 0.462 e. The van der Waals surface area contributed by atoms with Crippen molar-refractivity contribution in [3.05, 3.63) is 69.5 Å². The van der Waals surface area contributed by atoms with Crippen LogP contribution in [0.3, 0.4) is 0 Å². The Morgan fingerprint density at radius 2 is 1.71 bits per heavy atom. The highest BCUT2D eigenvalue weighted by Gasteiger charge is 2.49. The highest BCUT2D eigenvalue weighted by molar-refractivity contribution is 7.88. The first-order valence-corrected chi connectivity index (χ1v) is 10.3. The third-order valence-electron chi connectivity index (χ3n) is 4.28. The summed E-state index contributed by atoms with van der Waals surface area (Å²) in [5.74, 6) is -10.1. The molecule has 3 aromatic rings. The number of alkyl halides is 3. The average molecular weight is 513 g/mol. The van der Waals surface area contributed by atoms with E-state index in [9.17, 15) is 44.3 Å². The zero-order valence-corrected chi connectivity index (χ0v) is 17.4. The summed E-state index contributed by atoms with van der Waals surface area (Å²) in [6, 6.07) is 1.80. The van der Waals surface area contributed by atoms with E-state index < -0.39 is 78.2 Å². The van der Waals surface area contributed by atoms with Gasteiger partial charge in [0.05, 0.1) is 23.2 Å². The molecule has 0 spiro atoms. The van der Waals surface area contributed by atoms with Gasteiger partial charge in [0.25, 0.3) is 0 Å². The fourth-order valence-corrected chi connectivity index (χ4v) is 3.32. The van der Waals surface area contributed by atoms with Gasteiger partial charge in [0.2, 0.25) is 11.2 Å². The first-order chi connectivity index (χ1) is 15.7. The van der Waals surface area contributed by atoms with Crippen LogP contribution >= 0.6 is 0 Å². The number of halogens is 7. The number of aromatic nitrogens is 1. The summed E-state index contributed by atoms with van der Waals surface area (Å²) in [6.07, 6.45) is 0.516. The van der Waals surface area contributed by atoms with Gasteiger partial charge in [-0.25, -0.2) is 22.4 Å². The van der Waals surface area contributed by atoms with E-state index in [0.717, 1.165) is 0 Å². The SMILES string of the molecule is CCOC(=O)c1cn(-c2ccc(F)cc2F)c2c(F)c(OS(=O)(=O)C(F)(F)F)c(F)cc2c1=O. The van der Waals surface area contributed by atoms with Gasteiger partial charge in [0.1, 0.15) is 17.2 Å². The van der Waals surface area contributed by atoms with Crippen LogP contribution in [0.1, 0.15) is 17.3 Å². The molecule has 0 radical (unpaired) electrons. The molecular weight excluding hydrogens is 503 g/mol. The molecule has 15 heteroatoms. The zero-order chi connectivity index (χ0) is 25.6. The van der Waals surface area contributed by atoms with E-state index in [1.54, 1.807) is 0 Å². The first kappa shape index (κ1) is 25.0. The summed E-state index contributed by atoms with van der Waals surface area (Å²) in [6.45, 7) is 1.12. The summed E-state index contributed by atoms with van der Waals surface area (Å²) in [5.41, 5.74) is -10.2. The Hall–Kier alpha value is -3.62. The Bertz CT molecular complexity index is 1480. The molecule has 0 bridgehead atoms. The van der Waals surface area contributed by atoms with Gasteiger partial charge < -0.3 is 13.5 Å². The average Bonchev–Trinajstić information content (AvgIpc) is 2.71. The van der Waals surface area contributed by atoms with Crippen molar-refractivity contribution in [2.45, 2.75) is 12.4 Å². The van der Waals surface area contributed by atoms with Crippen molar-refractivity contribution >= 4 is 27.0 Å². The number of hydrogen-bond donors (Lipinski definition) is 0. The summed E-state index contributed by atoms with van der Waals surface area (Å²) in [7, 11) is -6.56. The number of carbonyl (C=O) groups is 1. The summed E-state index contributed by atoms with van der Waals surface area (Å²) >= 11 is 0. The zero-order valence-electron chi connectivity index (χ0n) is 16.5. The van der Waals surface area contributed by atoms with Crippen LogP contribution in [-0.4, -0.2) is 31.1 Å². The van der Waals surface area contributed by atoms with Crippen molar-refractivity contribution in [1.29, 1.82) is 0 Å². The van der Waals surface area contributed by atoms with Crippen LogP contribution in [0.2, 0.25) is 0 Å². The Labute approximate surface area is 185 Å². The molecule has 0 fully saturated rings. The Morgan fingerprint density at radius 3 is 2.26 bits per heavy atom. The number of pyridine rings is 1. The van der Waals surface area contributed by atoms with Crippen LogP contribution in [-0.2, 0) is 14.9 Å². The quantitative estimate of drug-likeness (QED) is 0.222. The third kappa shape index (κ3) is 4.30. The fraction of sp³-hybridized carbons (Fsp3) is 0.158. The molecule has 1 heterocycles. The van der Waals surface area contributed by atoms with E-state index in [1.807, 2.05) is 0 Å². The number of fused-ring (bicyclic) bond motifs is 1. The molecule has 3 rings (SSSR count). The van der Waals surface area contributed by atoms with Crippen LogP contribution in [0.5, 0.6) is 5.75 Å². The molecule has 2 aromatic carbocycles. The minimum Gasteiger partial charge on any atom is -0.462 e. The van der Waals surface area contributed by atoms with Crippen molar-refractivity contribution in [2.24, 2.45) is 0 Å². The molecule has 1 aromatic heterocycles. The lowest BCUT2D eigenvalue weighted by atomic mass is 10.1. The van der Waals surface area contributed by atoms with Crippen LogP contribution in [0.15, 0.2) is 35.3 Å². The van der Waals surface area contributed by atoms with Crippen molar-refractivity contribution in [2.75, 3.05) is 6.61 Å². The maximum Gasteiger partial charge on any atom is 0.534 e. The number of carbonyl (C=O) groups excluding carboxylic acids is 1. The van der Waals surface area contributed by atoms with Gasteiger partial charge >= 0.3 is 21.6 Å². The number of esters is 1. The normalized spacial score (nSPS) is 12.1. The van der Waals surface area contributed by atoms with E-state index in [1.165, 1.54) is 6.92 Å². The van der Waals surface area contributed by atoms with Gasteiger partial charge in [-0.05, 0) is 25.1 Å². The molecule has 34 heavy (non-hydrogen) atoms. The molecule has 0 N–H and O–H groups in total. The number of nitrogens with zero attached hydrogens (tertiary/aromatic N) is 1. The largest absolute Gasteiger partial charge is 0.534 e. The number of hydrogen-bond acceptors (Lipinski definition) is 6.